The Bertz CT molecular complexity index is 1260. The van der Waals surface area contributed by atoms with Crippen molar-refractivity contribution >= 4 is 29.1 Å². The molecule has 1 atom stereocenters. The lowest BCUT2D eigenvalue weighted by Crippen LogP contribution is -2.27. The summed E-state index contributed by atoms with van der Waals surface area (Å²) in [5, 5.41) is 19.4. The molecule has 180 valence electrons. The first-order valence-electron chi connectivity index (χ1n) is 10.7. The zero-order valence-corrected chi connectivity index (χ0v) is 19.3. The molecule has 4 rings (SSSR count). The van der Waals surface area contributed by atoms with Crippen molar-refractivity contribution in [3.8, 4) is 0 Å². The van der Waals surface area contributed by atoms with Gasteiger partial charge in [0.1, 0.15) is 17.4 Å². The largest absolute Gasteiger partial charge is 0.446 e. The molecule has 0 aliphatic carbocycles. The van der Waals surface area contributed by atoms with Crippen LogP contribution in [0.3, 0.4) is 0 Å². The van der Waals surface area contributed by atoms with Crippen LogP contribution in [0.4, 0.5) is 16.2 Å². The van der Waals surface area contributed by atoms with Crippen LogP contribution in [0.2, 0.25) is 0 Å². The number of hydrazone groups is 1. The number of carbonyl (C=O) groups excluding carboxylic acids is 2. The number of nitrogens with zero attached hydrogens (tertiary/aromatic N) is 4. The van der Waals surface area contributed by atoms with E-state index in [1.54, 1.807) is 45.0 Å². The van der Waals surface area contributed by atoms with Crippen molar-refractivity contribution in [3.63, 3.8) is 0 Å². The predicted octanol–water partition coefficient (Wildman–Crippen LogP) is 4.92. The third-order valence-corrected chi connectivity index (χ3v) is 5.09. The van der Waals surface area contributed by atoms with Crippen molar-refractivity contribution in [1.82, 2.24) is 9.99 Å². The zero-order valence-electron chi connectivity index (χ0n) is 19.3. The second-order valence-electron chi connectivity index (χ2n) is 8.83. The van der Waals surface area contributed by atoms with Gasteiger partial charge in [-0.1, -0.05) is 12.1 Å². The van der Waals surface area contributed by atoms with Crippen molar-refractivity contribution in [2.75, 3.05) is 5.32 Å². The third-order valence-electron chi connectivity index (χ3n) is 5.09. The maximum atomic E-state index is 13.2. The van der Waals surface area contributed by atoms with Gasteiger partial charge in [-0.15, -0.1) is 0 Å². The number of nitro benzene ring substituents is 1. The summed E-state index contributed by atoms with van der Waals surface area (Å²) in [5.41, 5.74) is 1.46. The van der Waals surface area contributed by atoms with Crippen LogP contribution in [-0.4, -0.2) is 38.2 Å². The second kappa shape index (κ2) is 9.37. The molecular weight excluding hydrogens is 454 g/mol. The molecule has 0 fully saturated rings. The number of hydrogen-bond acceptors (Lipinski definition) is 8. The quantitative estimate of drug-likeness (QED) is 0.406. The van der Waals surface area contributed by atoms with Crippen LogP contribution in [0.15, 0.2) is 70.6 Å². The maximum absolute atomic E-state index is 13.2. The smallest absolute Gasteiger partial charge is 0.412 e. The monoisotopic (exact) mass is 477 g/mol. The average molecular weight is 477 g/mol. The Hall–Kier alpha value is -4.54. The fourth-order valence-corrected chi connectivity index (χ4v) is 3.51. The van der Waals surface area contributed by atoms with Gasteiger partial charge in [0.2, 0.25) is 0 Å². The van der Waals surface area contributed by atoms with E-state index in [4.69, 9.17) is 9.15 Å². The molecule has 1 unspecified atom stereocenters. The van der Waals surface area contributed by atoms with Crippen LogP contribution >= 0.6 is 0 Å². The summed E-state index contributed by atoms with van der Waals surface area (Å²) in [7, 11) is 0. The van der Waals surface area contributed by atoms with Crippen molar-refractivity contribution in [2.45, 2.75) is 38.8 Å². The minimum absolute atomic E-state index is 0.112. The molecule has 2 heterocycles. The first kappa shape index (κ1) is 23.6. The Morgan fingerprint density at radius 2 is 1.83 bits per heavy atom. The van der Waals surface area contributed by atoms with Crippen LogP contribution in [0, 0.1) is 10.1 Å². The van der Waals surface area contributed by atoms with Crippen LogP contribution in [-0.2, 0) is 4.74 Å². The lowest BCUT2D eigenvalue weighted by molar-refractivity contribution is -0.384. The Morgan fingerprint density at radius 1 is 1.14 bits per heavy atom. The van der Waals surface area contributed by atoms with Crippen molar-refractivity contribution < 1.29 is 23.7 Å². The molecule has 0 saturated heterocycles. The van der Waals surface area contributed by atoms with Gasteiger partial charge in [-0.2, -0.15) is 5.10 Å². The summed E-state index contributed by atoms with van der Waals surface area (Å²) in [4.78, 5) is 39.6. The summed E-state index contributed by atoms with van der Waals surface area (Å²) in [6.45, 7) is 5.34. The summed E-state index contributed by atoms with van der Waals surface area (Å²) < 4.78 is 10.7. The molecule has 11 heteroatoms. The highest BCUT2D eigenvalue weighted by Crippen LogP contribution is 2.34. The van der Waals surface area contributed by atoms with Crippen LogP contribution in [0.1, 0.15) is 54.9 Å². The van der Waals surface area contributed by atoms with E-state index in [1.165, 1.54) is 41.9 Å². The number of carbonyl (C=O) groups is 2. The number of oxazole rings is 1. The number of anilines is 1. The first-order chi connectivity index (χ1) is 16.6. The highest BCUT2D eigenvalue weighted by Gasteiger charge is 2.35. The molecule has 1 aliphatic heterocycles. The number of nitro groups is 1. The lowest BCUT2D eigenvalue weighted by Gasteiger charge is -2.19. The minimum Gasteiger partial charge on any atom is -0.446 e. The third kappa shape index (κ3) is 5.52. The Morgan fingerprint density at radius 3 is 2.40 bits per heavy atom. The molecule has 1 aromatic heterocycles. The van der Waals surface area contributed by atoms with Crippen molar-refractivity contribution in [1.29, 1.82) is 0 Å². The van der Waals surface area contributed by atoms with Gasteiger partial charge >= 0.3 is 6.09 Å². The van der Waals surface area contributed by atoms with E-state index >= 15 is 0 Å². The normalized spacial score (nSPS) is 15.5. The Labute approximate surface area is 200 Å². The molecular formula is C24H23N5O6. The fraction of sp³-hybridized carbons (Fsp3) is 0.250. The molecule has 11 nitrogen and oxygen atoms in total. The first-order valence-corrected chi connectivity index (χ1v) is 10.7. The molecule has 0 spiro atoms. The number of ether oxygens (including phenoxy) is 1. The number of non-ortho nitro benzene ring substituents is 1. The molecule has 2 amide bonds. The van der Waals surface area contributed by atoms with E-state index in [-0.39, 0.29) is 11.3 Å². The van der Waals surface area contributed by atoms with Crippen LogP contribution in [0.25, 0.3) is 0 Å². The summed E-state index contributed by atoms with van der Waals surface area (Å²) in [6, 6.07) is 11.8. The lowest BCUT2D eigenvalue weighted by atomic mass is 10.0. The second-order valence-corrected chi connectivity index (χ2v) is 8.83. The van der Waals surface area contributed by atoms with Crippen molar-refractivity contribution in [2.24, 2.45) is 5.10 Å². The van der Waals surface area contributed by atoms with E-state index in [0.717, 1.165) is 5.56 Å². The average Bonchev–Trinajstić information content (AvgIpc) is 3.48. The number of benzene rings is 2. The van der Waals surface area contributed by atoms with Gasteiger partial charge in [0.15, 0.2) is 6.39 Å². The number of nitrogens with one attached hydrogen (secondary N) is 1. The standard InChI is InChI=1S/C24H23N5O6/c1-24(2,3)35-23(31)26-17-8-4-15(5-9-17)19-12-20(21-13-25-14-34-21)28(27-19)22(30)16-6-10-18(11-7-16)29(32)33/h4-11,13-14,20H,12H2,1-3H3,(H,26,31). The molecule has 1 aliphatic rings. The van der Waals surface area contributed by atoms with Gasteiger partial charge in [0.25, 0.3) is 11.6 Å². The van der Waals surface area contributed by atoms with Gasteiger partial charge in [-0.05, 0) is 50.6 Å². The van der Waals surface area contributed by atoms with Crippen LogP contribution in [0.5, 0.6) is 0 Å². The summed E-state index contributed by atoms with van der Waals surface area (Å²) in [6.07, 6.45) is 2.60. The van der Waals surface area contributed by atoms with Gasteiger partial charge in [-0.3, -0.25) is 20.2 Å². The van der Waals surface area contributed by atoms with Crippen LogP contribution < -0.4 is 5.32 Å². The van der Waals surface area contributed by atoms with E-state index in [1.807, 2.05) is 0 Å². The van der Waals surface area contributed by atoms with Gasteiger partial charge < -0.3 is 9.15 Å². The highest BCUT2D eigenvalue weighted by atomic mass is 16.6. The molecule has 2 aromatic carbocycles. The van der Waals surface area contributed by atoms with E-state index in [9.17, 15) is 19.7 Å². The fourth-order valence-electron chi connectivity index (χ4n) is 3.51. The Kier molecular flexibility index (Phi) is 6.32. The summed E-state index contributed by atoms with van der Waals surface area (Å²) >= 11 is 0. The Balaban J connectivity index is 1.56. The SMILES string of the molecule is CC(C)(C)OC(=O)Nc1ccc(C2=NN(C(=O)c3ccc([N+](=O)[O-])cc3)C(c3cnco3)C2)cc1. The minimum atomic E-state index is -0.613. The molecule has 0 radical (unpaired) electrons. The van der Waals surface area contributed by atoms with E-state index < -0.39 is 28.6 Å². The van der Waals surface area contributed by atoms with Gasteiger partial charge in [0, 0.05) is 29.8 Å². The molecule has 1 N–H and O–H groups in total. The zero-order chi connectivity index (χ0) is 25.2. The number of amides is 2. The molecule has 35 heavy (non-hydrogen) atoms. The highest BCUT2D eigenvalue weighted by molar-refractivity contribution is 6.05. The molecule has 3 aromatic rings. The topological polar surface area (TPSA) is 140 Å². The number of aromatic nitrogens is 1. The van der Waals surface area contributed by atoms with E-state index in [0.29, 0.717) is 23.6 Å². The van der Waals surface area contributed by atoms with Gasteiger partial charge in [-0.25, -0.2) is 14.8 Å². The number of hydrogen-bond donors (Lipinski definition) is 1. The van der Waals surface area contributed by atoms with Gasteiger partial charge in [0.05, 0.1) is 16.8 Å². The maximum Gasteiger partial charge on any atom is 0.412 e. The predicted molar refractivity (Wildman–Crippen MR) is 126 cm³/mol. The number of rotatable bonds is 5. The summed E-state index contributed by atoms with van der Waals surface area (Å²) in [5.74, 6) is 0.0294. The van der Waals surface area contributed by atoms with E-state index in [2.05, 4.69) is 15.4 Å². The molecule has 0 saturated carbocycles. The molecule has 0 bridgehead atoms. The van der Waals surface area contributed by atoms with Crippen molar-refractivity contribution in [3.05, 3.63) is 88.1 Å².